The SMILES string of the molecule is CCC[CH2][Sn]([CH2]CCC)([CH2]CCC)/[C](=C/CC(COCc1ccc(OC)cc1)OC(C)=O)CO[Si](C)(C)C(C)(C)C. The van der Waals surface area contributed by atoms with Gasteiger partial charge in [0, 0.05) is 0 Å². The van der Waals surface area contributed by atoms with Gasteiger partial charge in [-0.25, -0.2) is 0 Å². The minimum atomic E-state index is -2.75. The third-order valence-electron chi connectivity index (χ3n) is 8.79. The number of carbonyl (C=O) groups excluding carboxylic acids is 1. The average molecular weight is 698 g/mol. The number of rotatable bonds is 21. The Morgan fingerprint density at radius 1 is 0.951 bits per heavy atom. The first-order valence-corrected chi connectivity index (χ1v) is 26.4. The van der Waals surface area contributed by atoms with E-state index in [1.54, 1.807) is 10.7 Å². The van der Waals surface area contributed by atoms with Crippen molar-refractivity contribution >= 4 is 32.7 Å². The van der Waals surface area contributed by atoms with Crippen molar-refractivity contribution in [3.63, 3.8) is 0 Å². The maximum atomic E-state index is 12.1. The minimum absolute atomic E-state index is 0.169. The van der Waals surface area contributed by atoms with Crippen LogP contribution in [0.1, 0.15) is 99.0 Å². The van der Waals surface area contributed by atoms with E-state index in [0.29, 0.717) is 19.6 Å². The van der Waals surface area contributed by atoms with Crippen molar-refractivity contribution in [3.05, 3.63) is 39.5 Å². The van der Waals surface area contributed by atoms with Crippen LogP contribution in [0.2, 0.25) is 31.4 Å². The van der Waals surface area contributed by atoms with Gasteiger partial charge in [-0.1, -0.05) is 0 Å². The van der Waals surface area contributed by atoms with Gasteiger partial charge in [0.15, 0.2) is 0 Å². The van der Waals surface area contributed by atoms with Gasteiger partial charge in [-0.3, -0.25) is 0 Å². The van der Waals surface area contributed by atoms with Crippen LogP contribution in [-0.4, -0.2) is 59.1 Å². The molecule has 1 unspecified atom stereocenters. The van der Waals surface area contributed by atoms with E-state index < -0.39 is 26.7 Å². The molecule has 1 aromatic carbocycles. The fourth-order valence-corrected chi connectivity index (χ4v) is 22.7. The molecule has 0 saturated heterocycles. The van der Waals surface area contributed by atoms with E-state index in [0.717, 1.165) is 17.9 Å². The number of hydrogen-bond donors (Lipinski definition) is 0. The molecular formula is C34H62O5SiSn. The fraction of sp³-hybridized carbons (Fsp3) is 0.735. The Labute approximate surface area is 258 Å². The van der Waals surface area contributed by atoms with Gasteiger partial charge >= 0.3 is 252 Å². The first kappa shape index (κ1) is 38.2. The van der Waals surface area contributed by atoms with Crippen molar-refractivity contribution in [2.45, 2.75) is 138 Å². The Hall–Kier alpha value is -0.834. The van der Waals surface area contributed by atoms with Gasteiger partial charge in [-0.15, -0.1) is 0 Å². The molecule has 7 heteroatoms. The van der Waals surface area contributed by atoms with E-state index in [1.807, 2.05) is 24.3 Å². The third-order valence-corrected chi connectivity index (χ3v) is 29.4. The van der Waals surface area contributed by atoms with Gasteiger partial charge < -0.3 is 0 Å². The molecule has 0 aromatic heterocycles. The van der Waals surface area contributed by atoms with Gasteiger partial charge in [0.05, 0.1) is 7.11 Å². The van der Waals surface area contributed by atoms with Crippen molar-refractivity contribution in [2.75, 3.05) is 20.3 Å². The van der Waals surface area contributed by atoms with Crippen molar-refractivity contribution in [3.8, 4) is 5.75 Å². The van der Waals surface area contributed by atoms with Crippen LogP contribution in [0, 0.1) is 0 Å². The van der Waals surface area contributed by atoms with Crippen molar-refractivity contribution in [1.82, 2.24) is 0 Å². The van der Waals surface area contributed by atoms with Crippen LogP contribution in [0.25, 0.3) is 0 Å². The van der Waals surface area contributed by atoms with E-state index in [2.05, 4.69) is 60.7 Å². The molecule has 5 nitrogen and oxygen atoms in total. The van der Waals surface area contributed by atoms with E-state index >= 15 is 0 Å². The van der Waals surface area contributed by atoms with E-state index in [1.165, 1.54) is 58.8 Å². The summed E-state index contributed by atoms with van der Waals surface area (Å²) in [5, 5.41) is 0.169. The molecule has 0 spiro atoms. The summed E-state index contributed by atoms with van der Waals surface area (Å²) in [6.45, 7) is 21.7. The van der Waals surface area contributed by atoms with Gasteiger partial charge in [0.25, 0.3) is 0 Å². The summed E-state index contributed by atoms with van der Waals surface area (Å²) >= 11 is -2.75. The number of methoxy groups -OCH3 is 1. The Balaban J connectivity index is 3.31. The molecule has 1 aromatic rings. The second-order valence-corrected chi connectivity index (χ2v) is 31.4. The maximum absolute atomic E-state index is 12.1. The van der Waals surface area contributed by atoms with Gasteiger partial charge in [0.2, 0.25) is 0 Å². The second kappa shape index (κ2) is 19.4. The molecule has 0 bridgehead atoms. The molecular weight excluding hydrogens is 635 g/mol. The van der Waals surface area contributed by atoms with Crippen LogP contribution in [0.15, 0.2) is 33.9 Å². The molecule has 1 atom stereocenters. The van der Waals surface area contributed by atoms with Gasteiger partial charge in [-0.2, -0.15) is 0 Å². The summed E-state index contributed by atoms with van der Waals surface area (Å²) < 4.78 is 29.9. The number of unbranched alkanes of at least 4 members (excludes halogenated alkanes) is 3. The molecule has 0 N–H and O–H groups in total. The molecule has 0 aliphatic heterocycles. The Kier molecular flexibility index (Phi) is 18.1. The first-order chi connectivity index (χ1) is 19.3. The van der Waals surface area contributed by atoms with Crippen LogP contribution >= 0.6 is 0 Å². The van der Waals surface area contributed by atoms with E-state index in [9.17, 15) is 4.79 Å². The zero-order valence-electron chi connectivity index (χ0n) is 28.2. The summed E-state index contributed by atoms with van der Waals surface area (Å²) in [5.74, 6) is 0.571. The van der Waals surface area contributed by atoms with Crippen LogP contribution in [0.5, 0.6) is 5.75 Å². The standard InChI is InChI=1S/C22H35O5Si.3C4H9.Sn/c1-18(23)27-21(10-8-9-15-26-28(6,7)22(2,3)4)17-25-16-19-11-13-20(24-5)14-12-19;3*1-3-4-2;/h8,11-14,21H,10,15-17H2,1-7H3;3*1,3-4H2,2H3;. The number of esters is 1. The monoisotopic (exact) mass is 698 g/mol. The predicted octanol–water partition coefficient (Wildman–Crippen LogP) is 9.87. The molecule has 0 heterocycles. The van der Waals surface area contributed by atoms with Crippen LogP contribution in [-0.2, 0) is 25.3 Å². The normalized spacial score (nSPS) is 13.8. The summed E-state index contributed by atoms with van der Waals surface area (Å²) in [6, 6.07) is 7.89. The predicted molar refractivity (Wildman–Crippen MR) is 179 cm³/mol. The van der Waals surface area contributed by atoms with Gasteiger partial charge in [-0.05, 0) is 0 Å². The van der Waals surface area contributed by atoms with Crippen molar-refractivity contribution < 1.29 is 23.4 Å². The number of benzene rings is 1. The zero-order chi connectivity index (χ0) is 30.9. The zero-order valence-corrected chi connectivity index (χ0v) is 32.1. The molecule has 0 radical (unpaired) electrons. The molecule has 0 aliphatic carbocycles. The van der Waals surface area contributed by atoms with E-state index in [-0.39, 0.29) is 17.1 Å². The summed E-state index contributed by atoms with van der Waals surface area (Å²) in [4.78, 5) is 12.1. The number of ether oxygens (including phenoxy) is 3. The average Bonchev–Trinajstić information content (AvgIpc) is 2.92. The molecule has 236 valence electrons. The molecule has 0 amide bonds. The molecule has 0 saturated carbocycles. The first-order valence-electron chi connectivity index (χ1n) is 16.1. The number of hydrogen-bond acceptors (Lipinski definition) is 5. The summed E-state index contributed by atoms with van der Waals surface area (Å²) in [6.07, 6.45) is 10.5. The quantitative estimate of drug-likeness (QED) is 0.0946. The Morgan fingerprint density at radius 3 is 1.93 bits per heavy atom. The third kappa shape index (κ3) is 14.0. The van der Waals surface area contributed by atoms with Crippen LogP contribution in [0.3, 0.4) is 0 Å². The summed E-state index contributed by atoms with van der Waals surface area (Å²) in [5.41, 5.74) is 1.07. The Morgan fingerprint density at radius 2 is 1.49 bits per heavy atom. The van der Waals surface area contributed by atoms with Crippen LogP contribution in [0.4, 0.5) is 0 Å². The molecule has 41 heavy (non-hydrogen) atoms. The molecule has 1 rings (SSSR count). The second-order valence-electron chi connectivity index (χ2n) is 13.2. The summed E-state index contributed by atoms with van der Waals surface area (Å²) in [7, 11) is -0.248. The fourth-order valence-electron chi connectivity index (χ4n) is 4.99. The topological polar surface area (TPSA) is 54.0 Å². The number of carbonyl (C=O) groups is 1. The van der Waals surface area contributed by atoms with Crippen LogP contribution < -0.4 is 4.74 Å². The van der Waals surface area contributed by atoms with E-state index in [4.69, 9.17) is 18.6 Å². The van der Waals surface area contributed by atoms with Crippen molar-refractivity contribution in [1.29, 1.82) is 0 Å². The Bertz CT molecular complexity index is 870. The molecule has 0 aliphatic rings. The van der Waals surface area contributed by atoms with Gasteiger partial charge in [0.1, 0.15) is 0 Å². The van der Waals surface area contributed by atoms with Crippen molar-refractivity contribution in [2.24, 2.45) is 0 Å². The molecule has 0 fully saturated rings.